The third-order valence-corrected chi connectivity index (χ3v) is 3.26. The van der Waals surface area contributed by atoms with Crippen molar-refractivity contribution in [1.29, 1.82) is 0 Å². The maximum atomic E-state index is 12.1. The number of nitrogens with zero attached hydrogens (tertiary/aromatic N) is 1. The quantitative estimate of drug-likeness (QED) is 0.831. The van der Waals surface area contributed by atoms with Crippen molar-refractivity contribution in [2.24, 2.45) is 11.7 Å². The second kappa shape index (κ2) is 5.27. The summed E-state index contributed by atoms with van der Waals surface area (Å²) in [6.45, 7) is 8.33. The van der Waals surface area contributed by atoms with Gasteiger partial charge in [-0.3, -0.25) is 9.78 Å². The van der Waals surface area contributed by atoms with E-state index in [9.17, 15) is 4.79 Å². The van der Waals surface area contributed by atoms with E-state index in [4.69, 9.17) is 5.73 Å². The first-order valence-electron chi connectivity index (χ1n) is 5.84. The van der Waals surface area contributed by atoms with E-state index in [1.54, 1.807) is 18.3 Å². The molecule has 1 aromatic rings. The molecule has 0 saturated carbocycles. The number of pyridine rings is 1. The van der Waals surface area contributed by atoms with Crippen molar-refractivity contribution >= 4 is 5.91 Å². The lowest BCUT2D eigenvalue weighted by Gasteiger charge is -2.33. The number of amides is 1. The standard InChI is InChI=1S/C13H21N3O/c1-9(2)13(4,8-14)16-12(17)11-5-6-15-10(3)7-11/h5-7,9H,8,14H2,1-4H3,(H,16,17). The van der Waals surface area contributed by atoms with Gasteiger partial charge in [0, 0.05) is 24.0 Å². The molecule has 17 heavy (non-hydrogen) atoms. The second-order valence-electron chi connectivity index (χ2n) is 4.92. The minimum absolute atomic E-state index is 0.0999. The van der Waals surface area contributed by atoms with Gasteiger partial charge in [-0.1, -0.05) is 13.8 Å². The maximum Gasteiger partial charge on any atom is 0.251 e. The van der Waals surface area contributed by atoms with Crippen molar-refractivity contribution in [3.63, 3.8) is 0 Å². The number of aromatic nitrogens is 1. The van der Waals surface area contributed by atoms with Crippen LogP contribution >= 0.6 is 0 Å². The predicted octanol–water partition coefficient (Wildman–Crippen LogP) is 1.49. The molecule has 1 atom stereocenters. The fraction of sp³-hybridized carbons (Fsp3) is 0.538. The zero-order valence-electron chi connectivity index (χ0n) is 10.9. The molecule has 0 aliphatic heterocycles. The molecule has 3 N–H and O–H groups in total. The van der Waals surface area contributed by atoms with E-state index < -0.39 is 0 Å². The van der Waals surface area contributed by atoms with Crippen molar-refractivity contribution in [3.05, 3.63) is 29.6 Å². The van der Waals surface area contributed by atoms with Gasteiger partial charge >= 0.3 is 0 Å². The van der Waals surface area contributed by atoms with E-state index in [2.05, 4.69) is 10.3 Å². The number of nitrogens with two attached hydrogens (primary N) is 1. The Hall–Kier alpha value is -1.42. The van der Waals surface area contributed by atoms with Gasteiger partial charge in [-0.05, 0) is 31.9 Å². The van der Waals surface area contributed by atoms with Gasteiger partial charge in [0.05, 0.1) is 5.54 Å². The summed E-state index contributed by atoms with van der Waals surface area (Å²) in [4.78, 5) is 16.2. The topological polar surface area (TPSA) is 68.0 Å². The van der Waals surface area contributed by atoms with Crippen molar-refractivity contribution in [3.8, 4) is 0 Å². The Bertz CT molecular complexity index is 403. The van der Waals surface area contributed by atoms with Crippen LogP contribution in [0.2, 0.25) is 0 Å². The number of hydrogen-bond acceptors (Lipinski definition) is 3. The van der Waals surface area contributed by atoms with Gasteiger partial charge < -0.3 is 11.1 Å². The Kier molecular flexibility index (Phi) is 4.23. The Morgan fingerprint density at radius 3 is 2.71 bits per heavy atom. The number of hydrogen-bond donors (Lipinski definition) is 2. The molecule has 0 radical (unpaired) electrons. The molecule has 1 unspecified atom stereocenters. The highest BCUT2D eigenvalue weighted by Gasteiger charge is 2.28. The van der Waals surface area contributed by atoms with E-state index in [0.717, 1.165) is 5.69 Å². The first kappa shape index (κ1) is 13.6. The average molecular weight is 235 g/mol. The van der Waals surface area contributed by atoms with Crippen LogP contribution < -0.4 is 11.1 Å². The van der Waals surface area contributed by atoms with Crippen molar-refractivity contribution in [1.82, 2.24) is 10.3 Å². The van der Waals surface area contributed by atoms with Crippen LogP contribution in [0.3, 0.4) is 0 Å². The van der Waals surface area contributed by atoms with Crippen LogP contribution in [0.25, 0.3) is 0 Å². The summed E-state index contributed by atoms with van der Waals surface area (Å²) in [6, 6.07) is 3.48. The lowest BCUT2D eigenvalue weighted by Crippen LogP contribution is -2.55. The SMILES string of the molecule is Cc1cc(C(=O)NC(C)(CN)C(C)C)ccn1. The van der Waals surface area contributed by atoms with E-state index >= 15 is 0 Å². The number of carbonyl (C=O) groups excluding carboxylic acids is 1. The van der Waals surface area contributed by atoms with Crippen LogP contribution in [0.15, 0.2) is 18.3 Å². The molecule has 0 bridgehead atoms. The second-order valence-corrected chi connectivity index (χ2v) is 4.92. The van der Waals surface area contributed by atoms with Crippen LogP contribution in [-0.4, -0.2) is 23.0 Å². The molecule has 4 heteroatoms. The summed E-state index contributed by atoms with van der Waals surface area (Å²) >= 11 is 0. The molecule has 4 nitrogen and oxygen atoms in total. The lowest BCUT2D eigenvalue weighted by atomic mass is 9.88. The van der Waals surface area contributed by atoms with Crippen LogP contribution in [-0.2, 0) is 0 Å². The van der Waals surface area contributed by atoms with Crippen molar-refractivity contribution < 1.29 is 4.79 Å². The normalized spacial score (nSPS) is 14.5. The Balaban J connectivity index is 2.85. The molecule has 94 valence electrons. The summed E-state index contributed by atoms with van der Waals surface area (Å²) in [7, 11) is 0. The molecule has 0 aliphatic carbocycles. The Morgan fingerprint density at radius 1 is 1.59 bits per heavy atom. The molecule has 1 rings (SSSR count). The maximum absolute atomic E-state index is 12.1. The van der Waals surface area contributed by atoms with E-state index in [0.29, 0.717) is 12.1 Å². The minimum atomic E-state index is -0.381. The molecule has 0 fully saturated rings. The number of aryl methyl sites for hydroxylation is 1. The summed E-state index contributed by atoms with van der Waals surface area (Å²) < 4.78 is 0. The van der Waals surface area contributed by atoms with Gasteiger partial charge in [0.1, 0.15) is 0 Å². The highest BCUT2D eigenvalue weighted by atomic mass is 16.1. The zero-order chi connectivity index (χ0) is 13.1. The fourth-order valence-electron chi connectivity index (χ4n) is 1.45. The van der Waals surface area contributed by atoms with Gasteiger partial charge in [0.15, 0.2) is 0 Å². The minimum Gasteiger partial charge on any atom is -0.345 e. The summed E-state index contributed by atoms with van der Waals surface area (Å²) in [5.41, 5.74) is 6.81. The summed E-state index contributed by atoms with van der Waals surface area (Å²) in [5, 5.41) is 2.99. The molecular weight excluding hydrogens is 214 g/mol. The van der Waals surface area contributed by atoms with Gasteiger partial charge in [0.2, 0.25) is 0 Å². The Labute approximate surface area is 103 Å². The van der Waals surface area contributed by atoms with Gasteiger partial charge in [-0.25, -0.2) is 0 Å². The van der Waals surface area contributed by atoms with E-state index in [1.165, 1.54) is 0 Å². The molecule has 0 spiro atoms. The zero-order valence-corrected chi connectivity index (χ0v) is 10.9. The third-order valence-electron chi connectivity index (χ3n) is 3.26. The van der Waals surface area contributed by atoms with Crippen molar-refractivity contribution in [2.75, 3.05) is 6.54 Å². The molecule has 0 saturated heterocycles. The third kappa shape index (κ3) is 3.27. The molecule has 1 amide bonds. The lowest BCUT2D eigenvalue weighted by molar-refractivity contribution is 0.0883. The number of carbonyl (C=O) groups is 1. The van der Waals surface area contributed by atoms with E-state index in [-0.39, 0.29) is 17.4 Å². The highest BCUT2D eigenvalue weighted by Crippen LogP contribution is 2.15. The summed E-state index contributed by atoms with van der Waals surface area (Å²) in [5.74, 6) is 0.177. The van der Waals surface area contributed by atoms with E-state index in [1.807, 2.05) is 27.7 Å². The first-order valence-corrected chi connectivity index (χ1v) is 5.84. The molecule has 1 aromatic heterocycles. The molecular formula is C13H21N3O. The van der Waals surface area contributed by atoms with Gasteiger partial charge in [-0.2, -0.15) is 0 Å². The monoisotopic (exact) mass is 235 g/mol. The number of nitrogens with one attached hydrogen (secondary N) is 1. The average Bonchev–Trinajstić information content (AvgIpc) is 2.28. The smallest absolute Gasteiger partial charge is 0.251 e. The van der Waals surface area contributed by atoms with Gasteiger partial charge in [0.25, 0.3) is 5.91 Å². The van der Waals surface area contributed by atoms with Crippen LogP contribution in [0.5, 0.6) is 0 Å². The van der Waals surface area contributed by atoms with Crippen LogP contribution in [0, 0.1) is 12.8 Å². The molecule has 1 heterocycles. The first-order chi connectivity index (χ1) is 7.89. The molecule has 0 aliphatic rings. The largest absolute Gasteiger partial charge is 0.345 e. The fourth-order valence-corrected chi connectivity index (χ4v) is 1.45. The van der Waals surface area contributed by atoms with Crippen LogP contribution in [0.1, 0.15) is 36.8 Å². The Morgan fingerprint density at radius 2 is 2.24 bits per heavy atom. The van der Waals surface area contributed by atoms with Crippen LogP contribution in [0.4, 0.5) is 0 Å². The predicted molar refractivity (Wildman–Crippen MR) is 68.7 cm³/mol. The summed E-state index contributed by atoms with van der Waals surface area (Å²) in [6.07, 6.45) is 1.64. The number of rotatable bonds is 4. The molecule has 0 aromatic carbocycles. The van der Waals surface area contributed by atoms with Gasteiger partial charge in [-0.15, -0.1) is 0 Å². The van der Waals surface area contributed by atoms with Crippen molar-refractivity contribution in [2.45, 2.75) is 33.2 Å². The highest BCUT2D eigenvalue weighted by molar-refractivity contribution is 5.94.